The van der Waals surface area contributed by atoms with E-state index in [-0.39, 0.29) is 16.3 Å². The van der Waals surface area contributed by atoms with E-state index in [4.69, 9.17) is 16.4 Å². The number of benzene rings is 2. The van der Waals surface area contributed by atoms with Gasteiger partial charge >= 0.3 is 6.18 Å². The summed E-state index contributed by atoms with van der Waals surface area (Å²) >= 11 is 9.35. The Morgan fingerprint density at radius 1 is 1.16 bits per heavy atom. The average Bonchev–Trinajstić information content (AvgIpc) is 2.95. The molecule has 1 heterocycles. The monoisotopic (exact) mass is 431 g/mol. The minimum atomic E-state index is -4.64. The van der Waals surface area contributed by atoms with Crippen LogP contribution in [0.1, 0.15) is 28.7 Å². The van der Waals surface area contributed by atoms with Gasteiger partial charge in [-0.1, -0.05) is 44.8 Å². The summed E-state index contributed by atoms with van der Waals surface area (Å²) in [5, 5.41) is 4.00. The van der Waals surface area contributed by atoms with Crippen LogP contribution in [0.25, 0.3) is 0 Å². The summed E-state index contributed by atoms with van der Waals surface area (Å²) < 4.78 is 42.7. The van der Waals surface area contributed by atoms with Crippen molar-refractivity contribution in [3.8, 4) is 0 Å². The lowest BCUT2D eigenvalue weighted by atomic mass is 9.86. The maximum Gasteiger partial charge on any atom is 0.435 e. The Morgan fingerprint density at radius 2 is 1.88 bits per heavy atom. The lowest BCUT2D eigenvalue weighted by Crippen LogP contribution is -2.42. The molecule has 1 aliphatic heterocycles. The first-order valence-corrected chi connectivity index (χ1v) is 8.65. The maximum absolute atomic E-state index is 13.9. The quantitative estimate of drug-likeness (QED) is 0.545. The molecule has 0 bridgehead atoms. The Kier molecular flexibility index (Phi) is 4.62. The summed E-state index contributed by atoms with van der Waals surface area (Å²) in [5.41, 5.74) is -0.182. The molecule has 1 atom stereocenters. The second-order valence-electron chi connectivity index (χ2n) is 6.11. The SMILES string of the molecule is Cc1cc(Cl)cc(C2(C(F)(F)F)CC(c3ccc(Br)c(C)c3)=NO2)c1. The van der Waals surface area contributed by atoms with Gasteiger partial charge in [0.25, 0.3) is 5.60 Å². The van der Waals surface area contributed by atoms with Crippen LogP contribution in [0, 0.1) is 13.8 Å². The third-order valence-electron chi connectivity index (χ3n) is 4.19. The summed E-state index contributed by atoms with van der Waals surface area (Å²) in [6, 6.07) is 9.60. The Balaban J connectivity index is 2.04. The number of hydrogen-bond donors (Lipinski definition) is 0. The maximum atomic E-state index is 13.9. The zero-order valence-corrected chi connectivity index (χ0v) is 15.8. The van der Waals surface area contributed by atoms with Gasteiger partial charge in [-0.2, -0.15) is 13.2 Å². The number of aryl methyl sites for hydroxylation is 2. The normalized spacial score (nSPS) is 20.4. The third kappa shape index (κ3) is 3.29. The summed E-state index contributed by atoms with van der Waals surface area (Å²) in [4.78, 5) is 5.03. The van der Waals surface area contributed by atoms with Gasteiger partial charge in [-0.25, -0.2) is 0 Å². The van der Waals surface area contributed by atoms with Crippen LogP contribution >= 0.6 is 27.5 Å². The van der Waals surface area contributed by atoms with Crippen LogP contribution in [-0.2, 0) is 10.4 Å². The highest BCUT2D eigenvalue weighted by Crippen LogP contribution is 2.49. The van der Waals surface area contributed by atoms with E-state index in [9.17, 15) is 13.2 Å². The van der Waals surface area contributed by atoms with Crippen LogP contribution < -0.4 is 0 Å². The molecule has 7 heteroatoms. The molecule has 2 aromatic rings. The van der Waals surface area contributed by atoms with E-state index >= 15 is 0 Å². The highest BCUT2D eigenvalue weighted by atomic mass is 79.9. The largest absolute Gasteiger partial charge is 0.435 e. The summed E-state index contributed by atoms with van der Waals surface area (Å²) in [6.07, 6.45) is -5.04. The van der Waals surface area contributed by atoms with Gasteiger partial charge in [0, 0.05) is 21.5 Å². The molecule has 0 aromatic heterocycles. The van der Waals surface area contributed by atoms with Crippen LogP contribution in [0.15, 0.2) is 46.0 Å². The molecule has 2 nitrogen and oxygen atoms in total. The molecule has 0 spiro atoms. The molecular weight excluding hydrogens is 419 g/mol. The molecule has 0 saturated heterocycles. The van der Waals surface area contributed by atoms with Crippen LogP contribution in [0.2, 0.25) is 5.02 Å². The minimum absolute atomic E-state index is 0.0439. The molecule has 0 radical (unpaired) electrons. The molecular formula is C18H14BrClF3NO. The van der Waals surface area contributed by atoms with E-state index in [1.807, 2.05) is 6.92 Å². The zero-order chi connectivity index (χ0) is 18.4. The standard InChI is InChI=1S/C18H14BrClF3NO/c1-10-5-13(8-14(20)6-10)17(18(21,22)23)9-16(24-25-17)12-3-4-15(19)11(2)7-12/h3-8H,9H2,1-2H3. The van der Waals surface area contributed by atoms with Gasteiger partial charge in [-0.15, -0.1) is 0 Å². The molecule has 1 aliphatic rings. The molecule has 3 rings (SSSR count). The molecule has 0 amide bonds. The van der Waals surface area contributed by atoms with Crippen molar-refractivity contribution in [2.75, 3.05) is 0 Å². The van der Waals surface area contributed by atoms with Gasteiger partial charge < -0.3 is 4.84 Å². The predicted octanol–water partition coefficient (Wildman–Crippen LogP) is 6.30. The van der Waals surface area contributed by atoms with E-state index in [1.54, 1.807) is 31.2 Å². The fourth-order valence-corrected chi connectivity index (χ4v) is 3.39. The second kappa shape index (κ2) is 6.32. The van der Waals surface area contributed by atoms with E-state index in [1.165, 1.54) is 12.1 Å². The Morgan fingerprint density at radius 3 is 2.48 bits per heavy atom. The lowest BCUT2D eigenvalue weighted by Gasteiger charge is -2.29. The number of nitrogens with zero attached hydrogens (tertiary/aromatic N) is 1. The van der Waals surface area contributed by atoms with Crippen molar-refractivity contribution in [3.63, 3.8) is 0 Å². The van der Waals surface area contributed by atoms with Crippen molar-refractivity contribution < 1.29 is 18.0 Å². The van der Waals surface area contributed by atoms with Crippen LogP contribution in [0.5, 0.6) is 0 Å². The minimum Gasteiger partial charge on any atom is -0.374 e. The molecule has 0 aliphatic carbocycles. The first kappa shape index (κ1) is 18.3. The van der Waals surface area contributed by atoms with Gasteiger partial charge in [0.05, 0.1) is 5.71 Å². The highest BCUT2D eigenvalue weighted by Gasteiger charge is 2.62. The third-order valence-corrected chi connectivity index (χ3v) is 5.29. The topological polar surface area (TPSA) is 21.6 Å². The number of rotatable bonds is 2. The molecule has 0 N–H and O–H groups in total. The summed E-state index contributed by atoms with van der Waals surface area (Å²) in [6.45, 7) is 3.55. The molecule has 132 valence electrons. The number of alkyl halides is 3. The predicted molar refractivity (Wildman–Crippen MR) is 95.0 cm³/mol. The van der Waals surface area contributed by atoms with Gasteiger partial charge in [0.2, 0.25) is 0 Å². The van der Waals surface area contributed by atoms with Crippen molar-refractivity contribution >= 4 is 33.2 Å². The van der Waals surface area contributed by atoms with E-state index in [2.05, 4.69) is 21.1 Å². The van der Waals surface area contributed by atoms with Crippen molar-refractivity contribution in [1.82, 2.24) is 0 Å². The first-order valence-electron chi connectivity index (χ1n) is 7.48. The lowest BCUT2D eigenvalue weighted by molar-refractivity contribution is -0.275. The van der Waals surface area contributed by atoms with Crippen molar-refractivity contribution in [2.24, 2.45) is 5.16 Å². The van der Waals surface area contributed by atoms with Crippen molar-refractivity contribution in [3.05, 3.63) is 68.1 Å². The van der Waals surface area contributed by atoms with Gasteiger partial charge in [0.1, 0.15) is 0 Å². The number of oxime groups is 1. The van der Waals surface area contributed by atoms with E-state index in [0.29, 0.717) is 11.1 Å². The van der Waals surface area contributed by atoms with Crippen LogP contribution in [-0.4, -0.2) is 11.9 Å². The van der Waals surface area contributed by atoms with Crippen LogP contribution in [0.4, 0.5) is 13.2 Å². The summed E-state index contributed by atoms with van der Waals surface area (Å²) in [7, 11) is 0. The fraction of sp³-hybridized carbons (Fsp3) is 0.278. The molecule has 0 saturated carbocycles. The Labute approximate surface area is 156 Å². The number of hydrogen-bond acceptors (Lipinski definition) is 2. The second-order valence-corrected chi connectivity index (χ2v) is 7.40. The molecule has 25 heavy (non-hydrogen) atoms. The number of halogens is 5. The first-order chi connectivity index (χ1) is 11.6. The smallest absolute Gasteiger partial charge is 0.374 e. The van der Waals surface area contributed by atoms with Crippen molar-refractivity contribution in [2.45, 2.75) is 32.0 Å². The van der Waals surface area contributed by atoms with E-state index < -0.39 is 18.2 Å². The van der Waals surface area contributed by atoms with E-state index in [0.717, 1.165) is 10.0 Å². The van der Waals surface area contributed by atoms with Gasteiger partial charge in [0.15, 0.2) is 0 Å². The van der Waals surface area contributed by atoms with Crippen molar-refractivity contribution in [1.29, 1.82) is 0 Å². The average molecular weight is 433 g/mol. The Hall–Kier alpha value is -1.53. The Bertz CT molecular complexity index is 846. The summed E-state index contributed by atoms with van der Waals surface area (Å²) in [5.74, 6) is 0. The van der Waals surface area contributed by atoms with Gasteiger partial charge in [-0.05, 0) is 54.8 Å². The molecule has 0 fully saturated rings. The zero-order valence-electron chi connectivity index (χ0n) is 13.4. The fourth-order valence-electron chi connectivity index (χ4n) is 2.85. The highest BCUT2D eigenvalue weighted by molar-refractivity contribution is 9.10. The molecule has 1 unspecified atom stereocenters. The van der Waals surface area contributed by atoms with Crippen LogP contribution in [0.3, 0.4) is 0 Å². The van der Waals surface area contributed by atoms with Gasteiger partial charge in [-0.3, -0.25) is 0 Å². The molecule has 2 aromatic carbocycles.